The largest absolute Gasteiger partial charge is 0.338 e. The first-order valence-electron chi connectivity index (χ1n) is 7.75. The summed E-state index contributed by atoms with van der Waals surface area (Å²) in [7, 11) is 0. The van der Waals surface area contributed by atoms with Gasteiger partial charge in [0.05, 0.1) is 18.0 Å². The number of rotatable bonds is 2. The molecule has 0 aromatic heterocycles. The van der Waals surface area contributed by atoms with Crippen LogP contribution >= 0.6 is 11.8 Å². The fourth-order valence-electron chi connectivity index (χ4n) is 3.72. The third-order valence-electron chi connectivity index (χ3n) is 4.77. The van der Waals surface area contributed by atoms with Gasteiger partial charge in [0.1, 0.15) is 0 Å². The summed E-state index contributed by atoms with van der Waals surface area (Å²) in [6.07, 6.45) is 0.0320. The summed E-state index contributed by atoms with van der Waals surface area (Å²) in [4.78, 5) is 11.9. The normalized spacial score (nSPS) is 38.4. The molecule has 0 saturated carbocycles. The van der Waals surface area contributed by atoms with E-state index >= 15 is 0 Å². The number of benzene rings is 1. The summed E-state index contributed by atoms with van der Waals surface area (Å²) in [6.45, 7) is 1.81. The predicted octanol–water partition coefficient (Wildman–Crippen LogP) is -0.267. The third-order valence-corrected chi connectivity index (χ3v) is 6.29. The van der Waals surface area contributed by atoms with E-state index in [4.69, 9.17) is 0 Å². The molecule has 3 heterocycles. The average molecular weight is 319 g/mol. The van der Waals surface area contributed by atoms with E-state index in [-0.39, 0.29) is 18.1 Å². The number of nitrogens with one attached hydrogen (secondary N) is 5. The topological polar surface area (TPSA) is 77.2 Å². The Bertz CT molecular complexity index is 542. The van der Waals surface area contributed by atoms with Crippen molar-refractivity contribution in [2.45, 2.75) is 17.5 Å². The standard InChI is InChI=1S/C15H21N5OS/c21-12-8-22-14(11-7-17-20-15(11)18-12)10-6-16-19-13(10)9-4-2-1-3-5-9/h1-5,10-11,13-17,19-20H,6-8H2,(H,18,21). The van der Waals surface area contributed by atoms with Crippen LogP contribution in [0.2, 0.25) is 0 Å². The molecular formula is C15H21N5OS. The lowest BCUT2D eigenvalue weighted by Gasteiger charge is -2.31. The Hall–Kier alpha value is -1.12. The molecule has 7 heteroatoms. The van der Waals surface area contributed by atoms with Crippen molar-refractivity contribution in [3.05, 3.63) is 35.9 Å². The smallest absolute Gasteiger partial charge is 0.231 e. The van der Waals surface area contributed by atoms with Gasteiger partial charge in [0.15, 0.2) is 0 Å². The molecule has 0 bridgehead atoms. The van der Waals surface area contributed by atoms with Crippen LogP contribution in [0.5, 0.6) is 0 Å². The van der Waals surface area contributed by atoms with Crippen LogP contribution < -0.4 is 27.0 Å². The Balaban J connectivity index is 1.60. The van der Waals surface area contributed by atoms with Gasteiger partial charge in [-0.25, -0.2) is 10.9 Å². The van der Waals surface area contributed by atoms with Crippen molar-refractivity contribution >= 4 is 17.7 Å². The molecule has 5 unspecified atom stereocenters. The summed E-state index contributed by atoms with van der Waals surface area (Å²) in [6, 6.07) is 10.8. The van der Waals surface area contributed by atoms with E-state index in [0.29, 0.717) is 22.8 Å². The number of hydrogen-bond donors (Lipinski definition) is 5. The van der Waals surface area contributed by atoms with Crippen LogP contribution in [-0.4, -0.2) is 36.2 Å². The van der Waals surface area contributed by atoms with Crippen molar-refractivity contribution in [2.24, 2.45) is 11.8 Å². The van der Waals surface area contributed by atoms with Gasteiger partial charge in [-0.05, 0) is 5.56 Å². The second kappa shape index (κ2) is 6.17. The number of thioether (sulfide) groups is 1. The number of hydrogen-bond acceptors (Lipinski definition) is 6. The lowest BCUT2D eigenvalue weighted by atomic mass is 9.85. The minimum absolute atomic E-state index is 0.0320. The van der Waals surface area contributed by atoms with Gasteiger partial charge in [-0.3, -0.25) is 15.6 Å². The average Bonchev–Trinajstić information content (AvgIpc) is 3.16. The summed E-state index contributed by atoms with van der Waals surface area (Å²) in [5.74, 6) is 1.51. The minimum Gasteiger partial charge on any atom is -0.338 e. The molecule has 4 rings (SSSR count). The quantitative estimate of drug-likeness (QED) is 0.517. The zero-order valence-corrected chi connectivity index (χ0v) is 13.0. The second-order valence-corrected chi connectivity index (χ2v) is 7.25. The Kier molecular flexibility index (Phi) is 4.06. The van der Waals surface area contributed by atoms with E-state index < -0.39 is 0 Å². The molecule has 0 radical (unpaired) electrons. The van der Waals surface area contributed by atoms with Gasteiger partial charge in [0.2, 0.25) is 5.91 Å². The lowest BCUT2D eigenvalue weighted by molar-refractivity contribution is -0.119. The maximum atomic E-state index is 11.9. The highest BCUT2D eigenvalue weighted by atomic mass is 32.2. The maximum Gasteiger partial charge on any atom is 0.231 e. The van der Waals surface area contributed by atoms with E-state index in [1.807, 2.05) is 6.07 Å². The van der Waals surface area contributed by atoms with Gasteiger partial charge in [0.25, 0.3) is 0 Å². The fourth-order valence-corrected chi connectivity index (χ4v) is 5.15. The van der Waals surface area contributed by atoms with Crippen molar-refractivity contribution in [1.82, 2.24) is 27.0 Å². The van der Waals surface area contributed by atoms with E-state index in [1.165, 1.54) is 5.56 Å². The third kappa shape index (κ3) is 2.63. The minimum atomic E-state index is 0.0320. The summed E-state index contributed by atoms with van der Waals surface area (Å²) >= 11 is 1.79. The lowest BCUT2D eigenvalue weighted by Crippen LogP contribution is -2.48. The Morgan fingerprint density at radius 2 is 1.77 bits per heavy atom. The van der Waals surface area contributed by atoms with E-state index in [0.717, 1.165) is 13.1 Å². The first-order chi connectivity index (χ1) is 10.8. The van der Waals surface area contributed by atoms with Crippen LogP contribution in [0.4, 0.5) is 0 Å². The second-order valence-electron chi connectivity index (χ2n) is 6.09. The molecule has 5 N–H and O–H groups in total. The Morgan fingerprint density at radius 3 is 2.64 bits per heavy atom. The van der Waals surface area contributed by atoms with Gasteiger partial charge >= 0.3 is 0 Å². The van der Waals surface area contributed by atoms with Gasteiger partial charge < -0.3 is 5.32 Å². The molecule has 1 amide bonds. The number of amides is 1. The van der Waals surface area contributed by atoms with Crippen LogP contribution in [0, 0.1) is 11.8 Å². The molecule has 3 fully saturated rings. The molecule has 22 heavy (non-hydrogen) atoms. The van der Waals surface area contributed by atoms with E-state index in [9.17, 15) is 4.79 Å². The predicted molar refractivity (Wildman–Crippen MR) is 86.6 cm³/mol. The molecule has 1 aromatic rings. The van der Waals surface area contributed by atoms with Crippen LogP contribution in [0.15, 0.2) is 30.3 Å². The number of fused-ring (bicyclic) bond motifs is 1. The molecule has 3 aliphatic rings. The van der Waals surface area contributed by atoms with Crippen molar-refractivity contribution < 1.29 is 4.79 Å². The summed E-state index contributed by atoms with van der Waals surface area (Å²) in [5, 5.41) is 3.49. The van der Waals surface area contributed by atoms with E-state index in [1.54, 1.807) is 11.8 Å². The van der Waals surface area contributed by atoms with Gasteiger partial charge in [-0.1, -0.05) is 30.3 Å². The van der Waals surface area contributed by atoms with Gasteiger partial charge in [-0.15, -0.1) is 11.8 Å². The molecule has 1 aromatic carbocycles. The molecule has 0 aliphatic carbocycles. The van der Waals surface area contributed by atoms with Crippen molar-refractivity contribution in [3.63, 3.8) is 0 Å². The molecular weight excluding hydrogens is 298 g/mol. The Labute approximate surface area is 134 Å². The van der Waals surface area contributed by atoms with Crippen molar-refractivity contribution in [3.8, 4) is 0 Å². The molecule has 3 aliphatic heterocycles. The molecule has 5 atom stereocenters. The summed E-state index contributed by atoms with van der Waals surface area (Å²) in [5.41, 5.74) is 14.4. The number of hydrazine groups is 2. The molecule has 6 nitrogen and oxygen atoms in total. The highest BCUT2D eigenvalue weighted by molar-refractivity contribution is 8.00. The van der Waals surface area contributed by atoms with Crippen LogP contribution in [0.3, 0.4) is 0 Å². The molecule has 3 saturated heterocycles. The highest BCUT2D eigenvalue weighted by Crippen LogP contribution is 2.39. The van der Waals surface area contributed by atoms with Crippen molar-refractivity contribution in [2.75, 3.05) is 18.8 Å². The molecule has 0 spiro atoms. The van der Waals surface area contributed by atoms with Gasteiger partial charge in [-0.2, -0.15) is 0 Å². The Morgan fingerprint density at radius 1 is 1.00 bits per heavy atom. The van der Waals surface area contributed by atoms with Crippen LogP contribution in [-0.2, 0) is 4.79 Å². The fraction of sp³-hybridized carbons (Fsp3) is 0.533. The number of carbonyl (C=O) groups is 1. The van der Waals surface area contributed by atoms with Gasteiger partial charge in [0, 0.05) is 30.2 Å². The summed E-state index contributed by atoms with van der Waals surface area (Å²) < 4.78 is 0. The first-order valence-corrected chi connectivity index (χ1v) is 8.80. The monoisotopic (exact) mass is 319 g/mol. The maximum absolute atomic E-state index is 11.9. The number of carbonyl (C=O) groups excluding carboxylic acids is 1. The first kappa shape index (κ1) is 14.5. The SMILES string of the molecule is O=C1CSC(C2CNNC2c2ccccc2)C2CNNC2N1. The zero-order chi connectivity index (χ0) is 14.9. The van der Waals surface area contributed by atoms with Crippen LogP contribution in [0.1, 0.15) is 11.6 Å². The van der Waals surface area contributed by atoms with Crippen LogP contribution in [0.25, 0.3) is 0 Å². The highest BCUT2D eigenvalue weighted by Gasteiger charge is 2.45. The van der Waals surface area contributed by atoms with Crippen molar-refractivity contribution in [1.29, 1.82) is 0 Å². The van der Waals surface area contributed by atoms with E-state index in [2.05, 4.69) is 51.3 Å². The zero-order valence-electron chi connectivity index (χ0n) is 12.2. The molecule has 118 valence electrons.